The molecule has 3 N–H and O–H groups in total. The van der Waals surface area contributed by atoms with Crippen molar-refractivity contribution in [2.75, 3.05) is 39.4 Å². The third-order valence-electron chi connectivity index (χ3n) is 7.99. The highest BCUT2D eigenvalue weighted by atomic mass is 32.3. The first-order valence-corrected chi connectivity index (χ1v) is 14.3. The van der Waals surface area contributed by atoms with Gasteiger partial charge in [-0.05, 0) is 32.6 Å². The van der Waals surface area contributed by atoms with Crippen LogP contribution in [0.3, 0.4) is 0 Å². The number of nitrogens with two attached hydrogens (primary N) is 1. The van der Waals surface area contributed by atoms with E-state index in [0.717, 1.165) is 51.6 Å². The number of rotatable bonds is 9. The second kappa shape index (κ2) is 11.2. The third-order valence-corrected chi connectivity index (χ3v) is 8.88. The molecule has 4 atom stereocenters. The van der Waals surface area contributed by atoms with Crippen molar-refractivity contribution < 1.29 is 36.4 Å². The van der Waals surface area contributed by atoms with Gasteiger partial charge in [0.15, 0.2) is 0 Å². The number of esters is 1. The fraction of sp³-hybridized carbons (Fsp3) is 0.913. The lowest BCUT2D eigenvalue weighted by Gasteiger charge is -2.34. The van der Waals surface area contributed by atoms with Gasteiger partial charge in [0.25, 0.3) is 0 Å². The Morgan fingerprint density at radius 3 is 2.50 bits per heavy atom. The van der Waals surface area contributed by atoms with Gasteiger partial charge in [0.1, 0.15) is 0 Å². The van der Waals surface area contributed by atoms with Gasteiger partial charge in [-0.3, -0.25) is 14.5 Å². The van der Waals surface area contributed by atoms with Gasteiger partial charge in [0.2, 0.25) is 5.91 Å². The largest absolute Gasteiger partial charge is 0.465 e. The average Bonchev–Trinajstić information content (AvgIpc) is 3.13. The van der Waals surface area contributed by atoms with Crippen LogP contribution in [0.5, 0.6) is 0 Å². The Bertz CT molecular complexity index is 824. The molecular formula is C23H40N3O7S+. The molecule has 0 spiro atoms. The van der Waals surface area contributed by atoms with Gasteiger partial charge in [-0.1, -0.05) is 19.3 Å². The zero-order valence-corrected chi connectivity index (χ0v) is 21.0. The molecular weight excluding hydrogens is 462 g/mol. The van der Waals surface area contributed by atoms with Crippen molar-refractivity contribution in [1.29, 1.82) is 0 Å². The first-order valence-electron chi connectivity index (χ1n) is 12.9. The summed E-state index contributed by atoms with van der Waals surface area (Å²) in [6.45, 7) is 4.83. The number of nitrogens with zero attached hydrogens (tertiary/aromatic N) is 1. The van der Waals surface area contributed by atoms with Crippen LogP contribution in [0.1, 0.15) is 64.7 Å². The van der Waals surface area contributed by atoms with Crippen molar-refractivity contribution in [2.45, 2.75) is 82.9 Å². The van der Waals surface area contributed by atoms with Gasteiger partial charge < -0.3 is 15.4 Å². The van der Waals surface area contributed by atoms with E-state index >= 15 is 0 Å². The van der Waals surface area contributed by atoms with Crippen molar-refractivity contribution in [3.05, 3.63) is 0 Å². The van der Waals surface area contributed by atoms with Crippen LogP contribution >= 0.6 is 0 Å². The topological polar surface area (TPSA) is 128 Å². The summed E-state index contributed by atoms with van der Waals surface area (Å²) in [7, 11) is -4.29. The highest BCUT2D eigenvalue weighted by Gasteiger charge is 2.47. The quantitative estimate of drug-likeness (QED) is 0.425. The lowest BCUT2D eigenvalue weighted by atomic mass is 9.75. The van der Waals surface area contributed by atoms with Gasteiger partial charge in [0.05, 0.1) is 43.9 Å². The SMILES string of the molecule is CCOC(=O)C1(COS(=O)(=O)OC2CN3C[C@H]2CC[C@H]3C(=O)NC2CC[NH2+]CC2)CCCCC1. The molecule has 1 saturated carbocycles. The minimum absolute atomic E-state index is 0.0405. The summed E-state index contributed by atoms with van der Waals surface area (Å²) in [5.74, 6) is -0.309. The third kappa shape index (κ3) is 6.10. The van der Waals surface area contributed by atoms with E-state index in [9.17, 15) is 18.0 Å². The molecule has 11 heteroatoms. The van der Waals surface area contributed by atoms with Gasteiger partial charge >= 0.3 is 16.4 Å². The highest BCUT2D eigenvalue weighted by molar-refractivity contribution is 7.81. The molecule has 3 heterocycles. The van der Waals surface area contributed by atoms with Crippen LogP contribution in [-0.4, -0.2) is 82.8 Å². The molecule has 0 aromatic rings. The van der Waals surface area contributed by atoms with Gasteiger partial charge in [-0.25, -0.2) is 8.37 Å². The van der Waals surface area contributed by atoms with Gasteiger partial charge in [0, 0.05) is 37.9 Å². The number of nitrogens with one attached hydrogen (secondary N) is 1. The molecule has 0 aromatic carbocycles. The van der Waals surface area contributed by atoms with Crippen LogP contribution < -0.4 is 10.6 Å². The molecule has 3 aliphatic heterocycles. The standard InChI is InChI=1S/C23H39N3O7S/c1-2-31-22(28)23(10-4-3-5-11-23)16-32-34(29,30)33-20-15-26-14-17(20)6-7-19(26)21(27)25-18-8-12-24-13-9-18/h17-20,24H,2-16H2,1H3,(H,25,27)/p+1/t17-,19+,20?/m1/s1. The maximum atomic E-state index is 12.9. The smallest absolute Gasteiger partial charge is 0.400 e. The molecule has 194 valence electrons. The van der Waals surface area contributed by atoms with Crippen molar-refractivity contribution in [1.82, 2.24) is 10.2 Å². The molecule has 3 saturated heterocycles. The lowest BCUT2D eigenvalue weighted by molar-refractivity contribution is -0.663. The number of piperidine rings is 2. The van der Waals surface area contributed by atoms with E-state index in [0.29, 0.717) is 32.4 Å². The van der Waals surface area contributed by atoms with Crippen molar-refractivity contribution in [2.24, 2.45) is 11.3 Å². The number of ether oxygens (including phenoxy) is 1. The lowest BCUT2D eigenvalue weighted by Crippen LogP contribution is -2.87. The summed E-state index contributed by atoms with van der Waals surface area (Å²) in [5.41, 5.74) is -0.931. The van der Waals surface area contributed by atoms with Crippen molar-refractivity contribution in [3.8, 4) is 0 Å². The Hall–Kier alpha value is -1.27. The first kappa shape index (κ1) is 25.8. The van der Waals surface area contributed by atoms with E-state index < -0.39 is 27.9 Å². The Morgan fingerprint density at radius 2 is 1.79 bits per heavy atom. The Labute approximate surface area is 202 Å². The van der Waals surface area contributed by atoms with Crippen LogP contribution in [0.25, 0.3) is 0 Å². The zero-order valence-electron chi connectivity index (χ0n) is 20.2. The summed E-state index contributed by atoms with van der Waals surface area (Å²) in [6, 6.07) is -0.0149. The van der Waals surface area contributed by atoms with E-state index in [-0.39, 0.29) is 37.1 Å². The van der Waals surface area contributed by atoms with Crippen molar-refractivity contribution in [3.63, 3.8) is 0 Å². The second-order valence-corrected chi connectivity index (χ2v) is 11.6. The normalized spacial score (nSPS) is 31.7. The number of carbonyl (C=O) groups excluding carboxylic acids is 2. The highest BCUT2D eigenvalue weighted by Crippen LogP contribution is 2.39. The molecule has 10 nitrogen and oxygen atoms in total. The fourth-order valence-electron chi connectivity index (χ4n) is 6.02. The van der Waals surface area contributed by atoms with E-state index in [1.54, 1.807) is 6.92 Å². The van der Waals surface area contributed by atoms with Crippen LogP contribution in [0.2, 0.25) is 0 Å². The molecule has 34 heavy (non-hydrogen) atoms. The zero-order chi connectivity index (χ0) is 24.2. The average molecular weight is 503 g/mol. The van der Waals surface area contributed by atoms with E-state index in [1.165, 1.54) is 0 Å². The molecule has 0 aromatic heterocycles. The molecule has 2 unspecified atom stereocenters. The number of quaternary nitrogens is 1. The van der Waals surface area contributed by atoms with E-state index in [1.807, 2.05) is 4.90 Å². The molecule has 0 radical (unpaired) electrons. The molecule has 1 amide bonds. The molecule has 1 aliphatic carbocycles. The van der Waals surface area contributed by atoms with Gasteiger partial charge in [-0.15, -0.1) is 0 Å². The summed E-state index contributed by atoms with van der Waals surface area (Å²) in [5, 5.41) is 5.45. The summed E-state index contributed by atoms with van der Waals surface area (Å²) < 4.78 is 41.4. The van der Waals surface area contributed by atoms with Crippen LogP contribution in [-0.2, 0) is 33.1 Å². The van der Waals surface area contributed by atoms with E-state index in [4.69, 9.17) is 13.1 Å². The molecule has 4 rings (SSSR count). The number of fused-ring (bicyclic) bond motifs is 2. The second-order valence-electron chi connectivity index (χ2n) is 10.3. The van der Waals surface area contributed by atoms with Crippen LogP contribution in [0, 0.1) is 11.3 Å². The predicted octanol–water partition coefficient (Wildman–Crippen LogP) is 0.0828. The first-order chi connectivity index (χ1) is 16.3. The Morgan fingerprint density at radius 1 is 1.06 bits per heavy atom. The maximum Gasteiger partial charge on any atom is 0.400 e. The van der Waals surface area contributed by atoms with Crippen molar-refractivity contribution >= 4 is 22.3 Å². The predicted molar refractivity (Wildman–Crippen MR) is 123 cm³/mol. The number of hydrogen-bond donors (Lipinski definition) is 2. The molecule has 4 fully saturated rings. The van der Waals surface area contributed by atoms with Crippen LogP contribution in [0.15, 0.2) is 0 Å². The number of carbonyl (C=O) groups is 2. The maximum absolute atomic E-state index is 12.9. The number of hydrogen-bond acceptors (Lipinski definition) is 8. The molecule has 2 bridgehead atoms. The fourth-order valence-corrected chi connectivity index (χ4v) is 6.96. The Balaban J connectivity index is 1.31. The Kier molecular flexibility index (Phi) is 8.50. The van der Waals surface area contributed by atoms with Gasteiger partial charge in [-0.2, -0.15) is 8.42 Å². The number of amides is 1. The van der Waals surface area contributed by atoms with Crippen LogP contribution in [0.4, 0.5) is 0 Å². The minimum Gasteiger partial charge on any atom is -0.465 e. The molecule has 4 aliphatic rings. The summed E-state index contributed by atoms with van der Waals surface area (Å²) in [4.78, 5) is 27.5. The minimum atomic E-state index is -4.29. The summed E-state index contributed by atoms with van der Waals surface area (Å²) >= 11 is 0. The monoisotopic (exact) mass is 502 g/mol. The van der Waals surface area contributed by atoms with E-state index in [2.05, 4.69) is 10.6 Å². The summed E-state index contributed by atoms with van der Waals surface area (Å²) in [6.07, 6.45) is 6.65.